The summed E-state index contributed by atoms with van der Waals surface area (Å²) < 4.78 is 32.3. The second-order valence-corrected chi connectivity index (χ2v) is 7.29. The molecule has 2 atom stereocenters. The summed E-state index contributed by atoms with van der Waals surface area (Å²) in [5, 5.41) is 12.2. The predicted molar refractivity (Wildman–Crippen MR) is 79.2 cm³/mol. The number of hydrogen-bond donors (Lipinski definition) is 3. The molecule has 1 aliphatic rings. The molecule has 1 aliphatic carbocycles. The number of aliphatic hydroxyl groups is 1. The summed E-state index contributed by atoms with van der Waals surface area (Å²) in [6.07, 6.45) is 4.13. The molecule has 0 aromatic carbocycles. The van der Waals surface area contributed by atoms with Gasteiger partial charge in [0.25, 0.3) is 10.0 Å². The summed E-state index contributed by atoms with van der Waals surface area (Å²) in [5.74, 6) is 0.979. The van der Waals surface area contributed by atoms with E-state index in [1.54, 1.807) is 13.1 Å². The van der Waals surface area contributed by atoms with Gasteiger partial charge in [-0.3, -0.25) is 0 Å². The summed E-state index contributed by atoms with van der Waals surface area (Å²) in [4.78, 5) is 0. The van der Waals surface area contributed by atoms with Crippen molar-refractivity contribution in [2.45, 2.75) is 37.3 Å². The molecule has 1 saturated carbocycles. The molecule has 0 aliphatic heterocycles. The Morgan fingerprint density at radius 2 is 2.00 bits per heavy atom. The molecule has 0 bridgehead atoms. The standard InChI is InChI=1S/C14H24N2O4S/c1-15-9-13-6-7-14(20-13)21(18,19)16-8-11-4-2-3-5-12(11)10-17/h6-7,11-12,15-17H,2-5,8-10H2,1H3. The van der Waals surface area contributed by atoms with Gasteiger partial charge in [0, 0.05) is 13.2 Å². The van der Waals surface area contributed by atoms with Crippen LogP contribution < -0.4 is 10.0 Å². The van der Waals surface area contributed by atoms with Gasteiger partial charge in [0.1, 0.15) is 5.76 Å². The molecule has 7 heteroatoms. The zero-order valence-electron chi connectivity index (χ0n) is 12.3. The predicted octanol–water partition coefficient (Wildman–Crippen LogP) is 1.08. The highest BCUT2D eigenvalue weighted by molar-refractivity contribution is 7.89. The van der Waals surface area contributed by atoms with Crippen molar-refractivity contribution >= 4 is 10.0 Å². The fraction of sp³-hybridized carbons (Fsp3) is 0.714. The Bertz CT molecular complexity index is 541. The van der Waals surface area contributed by atoms with Crippen LogP contribution in [-0.4, -0.2) is 33.7 Å². The second kappa shape index (κ2) is 7.40. The van der Waals surface area contributed by atoms with Gasteiger partial charge < -0.3 is 14.8 Å². The molecule has 0 saturated heterocycles. The summed E-state index contributed by atoms with van der Waals surface area (Å²) in [6, 6.07) is 3.13. The summed E-state index contributed by atoms with van der Waals surface area (Å²) >= 11 is 0. The minimum Gasteiger partial charge on any atom is -0.447 e. The van der Waals surface area contributed by atoms with Crippen LogP contribution in [-0.2, 0) is 16.6 Å². The number of furan rings is 1. The summed E-state index contributed by atoms with van der Waals surface area (Å²) in [7, 11) is -1.84. The van der Waals surface area contributed by atoms with Crippen molar-refractivity contribution in [3.05, 3.63) is 17.9 Å². The fourth-order valence-corrected chi connectivity index (χ4v) is 3.89. The van der Waals surface area contributed by atoms with Crippen LogP contribution in [0.5, 0.6) is 0 Å². The fourth-order valence-electron chi connectivity index (χ4n) is 2.85. The van der Waals surface area contributed by atoms with Crippen LogP contribution in [0.1, 0.15) is 31.4 Å². The minimum atomic E-state index is -3.61. The number of rotatable bonds is 7. The molecule has 1 aromatic heterocycles. The first kappa shape index (κ1) is 16.5. The largest absolute Gasteiger partial charge is 0.447 e. The van der Waals surface area contributed by atoms with Crippen LogP contribution in [0.25, 0.3) is 0 Å². The van der Waals surface area contributed by atoms with Crippen molar-refractivity contribution in [1.29, 1.82) is 0 Å². The van der Waals surface area contributed by atoms with Gasteiger partial charge >= 0.3 is 0 Å². The highest BCUT2D eigenvalue weighted by Crippen LogP contribution is 2.29. The highest BCUT2D eigenvalue weighted by Gasteiger charge is 2.27. The molecule has 0 spiro atoms. The first-order valence-electron chi connectivity index (χ1n) is 7.40. The Morgan fingerprint density at radius 1 is 1.29 bits per heavy atom. The normalized spacial score (nSPS) is 23.3. The number of aliphatic hydroxyl groups excluding tert-OH is 1. The summed E-state index contributed by atoms with van der Waals surface area (Å²) in [5.41, 5.74) is 0. The third-order valence-electron chi connectivity index (χ3n) is 4.09. The lowest BCUT2D eigenvalue weighted by Crippen LogP contribution is -2.35. The SMILES string of the molecule is CNCc1ccc(S(=O)(=O)NCC2CCCCC2CO)o1. The van der Waals surface area contributed by atoms with E-state index in [-0.39, 0.29) is 23.5 Å². The Kier molecular flexibility index (Phi) is 5.80. The molecule has 3 N–H and O–H groups in total. The molecule has 0 radical (unpaired) electrons. The average molecular weight is 316 g/mol. The monoisotopic (exact) mass is 316 g/mol. The van der Waals surface area contributed by atoms with Crippen LogP contribution in [0.15, 0.2) is 21.6 Å². The van der Waals surface area contributed by atoms with Gasteiger partial charge in [0.15, 0.2) is 0 Å². The lowest BCUT2D eigenvalue weighted by Gasteiger charge is -2.30. The topological polar surface area (TPSA) is 91.6 Å². The van der Waals surface area contributed by atoms with Crippen LogP contribution in [0, 0.1) is 11.8 Å². The number of nitrogens with one attached hydrogen (secondary N) is 2. The van der Waals surface area contributed by atoms with Gasteiger partial charge in [-0.15, -0.1) is 0 Å². The van der Waals surface area contributed by atoms with Crippen molar-refractivity contribution in [3.8, 4) is 0 Å². The van der Waals surface area contributed by atoms with Crippen LogP contribution in [0.4, 0.5) is 0 Å². The van der Waals surface area contributed by atoms with Crippen LogP contribution in [0.3, 0.4) is 0 Å². The Hall–Kier alpha value is -0.890. The smallest absolute Gasteiger partial charge is 0.273 e. The Labute approximate surface area is 126 Å². The maximum Gasteiger partial charge on any atom is 0.273 e. The molecular weight excluding hydrogens is 292 g/mol. The number of hydrogen-bond acceptors (Lipinski definition) is 5. The van der Waals surface area contributed by atoms with Crippen molar-refractivity contribution in [1.82, 2.24) is 10.0 Å². The zero-order valence-corrected chi connectivity index (χ0v) is 13.2. The maximum atomic E-state index is 12.2. The van der Waals surface area contributed by atoms with E-state index in [1.807, 2.05) is 0 Å². The lowest BCUT2D eigenvalue weighted by atomic mass is 9.80. The van der Waals surface area contributed by atoms with Gasteiger partial charge in [-0.2, -0.15) is 0 Å². The third-order valence-corrected chi connectivity index (χ3v) is 5.39. The molecule has 21 heavy (non-hydrogen) atoms. The lowest BCUT2D eigenvalue weighted by molar-refractivity contribution is 0.136. The molecule has 1 aromatic rings. The maximum absolute atomic E-state index is 12.2. The van der Waals surface area contributed by atoms with Crippen molar-refractivity contribution in [2.24, 2.45) is 11.8 Å². The van der Waals surface area contributed by atoms with E-state index in [0.717, 1.165) is 25.7 Å². The van der Waals surface area contributed by atoms with E-state index in [9.17, 15) is 13.5 Å². The van der Waals surface area contributed by atoms with E-state index < -0.39 is 10.0 Å². The molecule has 2 unspecified atom stereocenters. The zero-order chi connectivity index (χ0) is 15.3. The first-order chi connectivity index (χ1) is 10.1. The van der Waals surface area contributed by atoms with Crippen molar-refractivity contribution in [2.75, 3.05) is 20.2 Å². The molecular formula is C14H24N2O4S. The first-order valence-corrected chi connectivity index (χ1v) is 8.89. The molecule has 6 nitrogen and oxygen atoms in total. The second-order valence-electron chi connectivity index (χ2n) is 5.59. The molecule has 0 amide bonds. The Balaban J connectivity index is 1.96. The molecule has 120 valence electrons. The van der Waals surface area contributed by atoms with E-state index in [2.05, 4.69) is 10.0 Å². The summed E-state index contributed by atoms with van der Waals surface area (Å²) in [6.45, 7) is 0.972. The van der Waals surface area contributed by atoms with Gasteiger partial charge in [-0.1, -0.05) is 12.8 Å². The van der Waals surface area contributed by atoms with E-state index >= 15 is 0 Å². The van der Waals surface area contributed by atoms with E-state index in [1.165, 1.54) is 6.07 Å². The third kappa shape index (κ3) is 4.29. The van der Waals surface area contributed by atoms with Gasteiger partial charge in [-0.05, 0) is 43.9 Å². The minimum absolute atomic E-state index is 0.0518. The molecule has 1 heterocycles. The van der Waals surface area contributed by atoms with Crippen molar-refractivity contribution in [3.63, 3.8) is 0 Å². The Morgan fingerprint density at radius 3 is 2.67 bits per heavy atom. The number of sulfonamides is 1. The highest BCUT2D eigenvalue weighted by atomic mass is 32.2. The average Bonchev–Trinajstić information content (AvgIpc) is 2.95. The van der Waals surface area contributed by atoms with E-state index in [4.69, 9.17) is 4.42 Å². The van der Waals surface area contributed by atoms with Crippen LogP contribution >= 0.6 is 0 Å². The quantitative estimate of drug-likeness (QED) is 0.700. The van der Waals surface area contributed by atoms with Gasteiger partial charge in [0.05, 0.1) is 6.54 Å². The van der Waals surface area contributed by atoms with E-state index in [0.29, 0.717) is 18.8 Å². The van der Waals surface area contributed by atoms with Crippen LogP contribution in [0.2, 0.25) is 0 Å². The van der Waals surface area contributed by atoms with Gasteiger partial charge in [0.2, 0.25) is 5.09 Å². The molecule has 1 fully saturated rings. The molecule has 2 rings (SSSR count). The van der Waals surface area contributed by atoms with Gasteiger partial charge in [-0.25, -0.2) is 13.1 Å². The van der Waals surface area contributed by atoms with Crippen molar-refractivity contribution < 1.29 is 17.9 Å².